The first-order valence-electron chi connectivity index (χ1n) is 8.15. The monoisotopic (exact) mass is 348 g/mol. The summed E-state index contributed by atoms with van der Waals surface area (Å²) < 4.78 is 28.4. The van der Waals surface area contributed by atoms with Crippen molar-refractivity contribution in [1.82, 2.24) is 10.6 Å². The topological polar surface area (TPSA) is 50.4 Å². The fraction of sp³-hybridized carbons (Fsp3) is 0.316. The van der Waals surface area contributed by atoms with Gasteiger partial charge in [0.15, 0.2) is 0 Å². The van der Waals surface area contributed by atoms with Crippen LogP contribution >= 0.6 is 0 Å². The van der Waals surface area contributed by atoms with E-state index in [9.17, 15) is 13.6 Å². The fourth-order valence-electron chi connectivity index (χ4n) is 2.35. The molecule has 1 atom stereocenters. The minimum atomic E-state index is -2.84. The first kappa shape index (κ1) is 18.7. The van der Waals surface area contributed by atoms with Crippen molar-refractivity contribution < 1.29 is 18.3 Å². The average Bonchev–Trinajstić information content (AvgIpc) is 2.60. The summed E-state index contributed by atoms with van der Waals surface area (Å²) in [7, 11) is 0. The van der Waals surface area contributed by atoms with Gasteiger partial charge in [-0.15, -0.1) is 0 Å². The van der Waals surface area contributed by atoms with Crippen LogP contribution in [0.3, 0.4) is 0 Å². The lowest BCUT2D eigenvalue weighted by molar-refractivity contribution is -0.0498. The van der Waals surface area contributed by atoms with Crippen LogP contribution in [0.25, 0.3) is 0 Å². The minimum absolute atomic E-state index is 0.0435. The molecule has 0 saturated carbocycles. The van der Waals surface area contributed by atoms with Gasteiger partial charge >= 0.3 is 12.6 Å². The number of nitrogens with one attached hydrogen (secondary N) is 2. The summed E-state index contributed by atoms with van der Waals surface area (Å²) >= 11 is 0. The molecule has 1 unspecified atom stereocenters. The van der Waals surface area contributed by atoms with Crippen molar-refractivity contribution >= 4 is 6.03 Å². The number of alkyl halides is 2. The van der Waals surface area contributed by atoms with E-state index < -0.39 is 6.61 Å². The van der Waals surface area contributed by atoms with Crippen molar-refractivity contribution in [3.8, 4) is 5.75 Å². The largest absolute Gasteiger partial charge is 0.435 e. The van der Waals surface area contributed by atoms with E-state index in [4.69, 9.17) is 0 Å². The number of carbonyl (C=O) groups is 1. The van der Waals surface area contributed by atoms with Gasteiger partial charge in [-0.2, -0.15) is 8.78 Å². The number of benzene rings is 2. The highest BCUT2D eigenvalue weighted by atomic mass is 19.3. The highest BCUT2D eigenvalue weighted by molar-refractivity contribution is 5.74. The molecule has 0 aromatic heterocycles. The zero-order chi connectivity index (χ0) is 18.1. The number of carbonyl (C=O) groups excluding carboxylic acids is 1. The Hall–Kier alpha value is -2.63. The quantitative estimate of drug-likeness (QED) is 0.754. The third-order valence-electron chi connectivity index (χ3n) is 3.69. The second-order valence-electron chi connectivity index (χ2n) is 5.77. The van der Waals surface area contributed by atoms with Crippen LogP contribution in [-0.4, -0.2) is 18.7 Å². The molecule has 2 rings (SSSR count). The van der Waals surface area contributed by atoms with Gasteiger partial charge in [-0.3, -0.25) is 0 Å². The van der Waals surface area contributed by atoms with Crippen LogP contribution < -0.4 is 15.4 Å². The van der Waals surface area contributed by atoms with Gasteiger partial charge in [-0.1, -0.05) is 42.5 Å². The molecular formula is C19H22F2N2O2. The number of aryl methyl sites for hydroxylation is 1. The summed E-state index contributed by atoms with van der Waals surface area (Å²) in [6.45, 7) is -0.572. The average molecular weight is 348 g/mol. The molecule has 2 N–H and O–H groups in total. The second-order valence-corrected chi connectivity index (χ2v) is 5.77. The van der Waals surface area contributed by atoms with Crippen LogP contribution in [0.1, 0.15) is 24.5 Å². The van der Waals surface area contributed by atoms with E-state index in [2.05, 4.69) is 27.5 Å². The molecule has 0 spiro atoms. The summed E-state index contributed by atoms with van der Waals surface area (Å²) in [5.74, 6) is 0.0951. The number of urea groups is 1. The van der Waals surface area contributed by atoms with Crippen LogP contribution in [0, 0.1) is 0 Å². The Morgan fingerprint density at radius 3 is 2.36 bits per heavy atom. The van der Waals surface area contributed by atoms with Gasteiger partial charge in [-0.25, -0.2) is 4.79 Å². The second kappa shape index (κ2) is 9.61. The molecule has 25 heavy (non-hydrogen) atoms. The van der Waals surface area contributed by atoms with Gasteiger partial charge in [-0.05, 0) is 43.0 Å². The number of hydrogen-bond acceptors (Lipinski definition) is 2. The Kier molecular flexibility index (Phi) is 7.19. The van der Waals surface area contributed by atoms with Gasteiger partial charge in [0, 0.05) is 12.6 Å². The van der Waals surface area contributed by atoms with E-state index in [1.54, 1.807) is 12.1 Å². The molecule has 0 aliphatic rings. The van der Waals surface area contributed by atoms with Crippen molar-refractivity contribution in [2.24, 2.45) is 0 Å². The zero-order valence-electron chi connectivity index (χ0n) is 14.0. The van der Waals surface area contributed by atoms with E-state index in [1.165, 1.54) is 17.7 Å². The highest BCUT2D eigenvalue weighted by Gasteiger charge is 2.08. The Bertz CT molecular complexity index is 648. The summed E-state index contributed by atoms with van der Waals surface area (Å²) in [4.78, 5) is 11.9. The lowest BCUT2D eigenvalue weighted by Crippen LogP contribution is -2.40. The van der Waals surface area contributed by atoms with E-state index in [0.29, 0.717) is 6.54 Å². The Balaban J connectivity index is 1.69. The van der Waals surface area contributed by atoms with Gasteiger partial charge in [0.2, 0.25) is 0 Å². The molecule has 4 nitrogen and oxygen atoms in total. The minimum Gasteiger partial charge on any atom is -0.435 e. The fourth-order valence-corrected chi connectivity index (χ4v) is 2.35. The third kappa shape index (κ3) is 7.20. The van der Waals surface area contributed by atoms with E-state index in [-0.39, 0.29) is 17.8 Å². The van der Waals surface area contributed by atoms with Crippen LogP contribution in [0.5, 0.6) is 5.75 Å². The predicted octanol–water partition coefficient (Wildman–Crippen LogP) is 4.11. The molecule has 0 radical (unpaired) electrons. The lowest BCUT2D eigenvalue weighted by atomic mass is 10.1. The van der Waals surface area contributed by atoms with Crippen molar-refractivity contribution in [2.75, 3.05) is 0 Å². The van der Waals surface area contributed by atoms with Crippen LogP contribution in [0.2, 0.25) is 0 Å². The molecule has 0 fully saturated rings. The SMILES string of the molecule is CC(CCc1ccccc1)NC(=O)NCc1ccc(OC(F)F)cc1. The smallest absolute Gasteiger partial charge is 0.387 e. The maximum Gasteiger partial charge on any atom is 0.387 e. The van der Waals surface area contributed by atoms with Gasteiger partial charge in [0.1, 0.15) is 5.75 Å². The maximum absolute atomic E-state index is 12.1. The van der Waals surface area contributed by atoms with Crippen LogP contribution in [-0.2, 0) is 13.0 Å². The van der Waals surface area contributed by atoms with Crippen LogP contribution in [0.4, 0.5) is 13.6 Å². The normalized spacial score (nSPS) is 11.8. The number of halogens is 2. The van der Waals surface area contributed by atoms with Crippen molar-refractivity contribution in [2.45, 2.75) is 39.0 Å². The van der Waals surface area contributed by atoms with E-state index in [1.807, 2.05) is 25.1 Å². The molecule has 2 aromatic carbocycles. The molecule has 0 aliphatic carbocycles. The number of ether oxygens (including phenoxy) is 1. The maximum atomic E-state index is 12.1. The van der Waals surface area contributed by atoms with E-state index in [0.717, 1.165) is 18.4 Å². The Morgan fingerprint density at radius 1 is 1.04 bits per heavy atom. The summed E-state index contributed by atoms with van der Waals surface area (Å²) in [5.41, 5.74) is 2.04. The first-order chi connectivity index (χ1) is 12.0. The molecule has 0 heterocycles. The number of hydrogen-bond donors (Lipinski definition) is 2. The molecule has 134 valence electrons. The standard InChI is InChI=1S/C19H22F2N2O2/c1-14(7-8-15-5-3-2-4-6-15)23-19(24)22-13-16-9-11-17(12-10-16)25-18(20)21/h2-6,9-12,14,18H,7-8,13H2,1H3,(H2,22,23,24). The van der Waals surface area contributed by atoms with Gasteiger partial charge in [0.25, 0.3) is 0 Å². The molecule has 0 aliphatic heterocycles. The zero-order valence-corrected chi connectivity index (χ0v) is 14.0. The molecule has 0 saturated heterocycles. The number of amides is 2. The van der Waals surface area contributed by atoms with Crippen LogP contribution in [0.15, 0.2) is 54.6 Å². The van der Waals surface area contributed by atoms with Crippen molar-refractivity contribution in [3.63, 3.8) is 0 Å². The lowest BCUT2D eigenvalue weighted by Gasteiger charge is -2.15. The van der Waals surface area contributed by atoms with Gasteiger partial charge in [0.05, 0.1) is 0 Å². The summed E-state index contributed by atoms with van der Waals surface area (Å²) in [6, 6.07) is 16.1. The van der Waals surface area contributed by atoms with Gasteiger partial charge < -0.3 is 15.4 Å². The summed E-state index contributed by atoms with van der Waals surface area (Å²) in [6.07, 6.45) is 1.74. The van der Waals surface area contributed by atoms with Crippen molar-refractivity contribution in [3.05, 3.63) is 65.7 Å². The molecular weight excluding hydrogens is 326 g/mol. The Morgan fingerprint density at radius 2 is 1.72 bits per heavy atom. The molecule has 2 aromatic rings. The predicted molar refractivity (Wildman–Crippen MR) is 92.7 cm³/mol. The number of rotatable bonds is 8. The Labute approximate surface area is 146 Å². The molecule has 2 amide bonds. The summed E-state index contributed by atoms with van der Waals surface area (Å²) in [5, 5.41) is 5.63. The molecule has 0 bridgehead atoms. The van der Waals surface area contributed by atoms with E-state index >= 15 is 0 Å². The highest BCUT2D eigenvalue weighted by Crippen LogP contribution is 2.14. The first-order valence-corrected chi connectivity index (χ1v) is 8.15. The molecule has 6 heteroatoms. The van der Waals surface area contributed by atoms with Crippen molar-refractivity contribution in [1.29, 1.82) is 0 Å². The third-order valence-corrected chi connectivity index (χ3v) is 3.69.